The molecule has 0 N–H and O–H groups in total. The number of amides is 1. The van der Waals surface area contributed by atoms with E-state index in [1.807, 2.05) is 71.6 Å². The first-order chi connectivity index (χ1) is 17.2. The lowest BCUT2D eigenvalue weighted by Crippen LogP contribution is -2.28. The van der Waals surface area contributed by atoms with Crippen molar-refractivity contribution in [1.82, 2.24) is 4.98 Å². The van der Waals surface area contributed by atoms with Crippen LogP contribution in [0.1, 0.15) is 16.7 Å². The molecule has 0 spiro atoms. The Morgan fingerprint density at radius 2 is 1.57 bits per heavy atom. The quantitative estimate of drug-likeness (QED) is 0.321. The molecule has 0 saturated carbocycles. The summed E-state index contributed by atoms with van der Waals surface area (Å²) in [7, 11) is 1.63. The Hall–Kier alpha value is -4.08. The molecule has 0 aliphatic carbocycles. The molecule has 35 heavy (non-hydrogen) atoms. The molecule has 0 bridgehead atoms. The number of nitriles is 1. The summed E-state index contributed by atoms with van der Waals surface area (Å²) in [6.45, 7) is 0. The van der Waals surface area contributed by atoms with Crippen molar-refractivity contribution in [2.75, 3.05) is 17.8 Å². The summed E-state index contributed by atoms with van der Waals surface area (Å²) < 4.78 is 5.24. The van der Waals surface area contributed by atoms with E-state index in [0.29, 0.717) is 10.6 Å². The summed E-state index contributed by atoms with van der Waals surface area (Å²) in [5, 5.41) is 10.2. The molecule has 0 saturated heterocycles. The number of methoxy groups -OCH3 is 1. The monoisotopic (exact) mass is 477 g/mol. The highest BCUT2D eigenvalue weighted by molar-refractivity contribution is 8.00. The van der Waals surface area contributed by atoms with Crippen LogP contribution < -0.4 is 9.64 Å². The predicted molar refractivity (Wildman–Crippen MR) is 139 cm³/mol. The minimum absolute atomic E-state index is 0.0441. The topological polar surface area (TPSA) is 66.2 Å². The van der Waals surface area contributed by atoms with E-state index in [-0.39, 0.29) is 11.7 Å². The summed E-state index contributed by atoms with van der Waals surface area (Å²) in [6.07, 6.45) is 1.77. The molecule has 1 aromatic heterocycles. The van der Waals surface area contributed by atoms with E-state index in [0.717, 1.165) is 52.4 Å². The number of thioether (sulfide) groups is 1. The van der Waals surface area contributed by atoms with Crippen LogP contribution in [0.2, 0.25) is 0 Å². The number of para-hydroxylation sites is 2. The number of carbonyl (C=O) groups is 1. The first-order valence-corrected chi connectivity index (χ1v) is 12.3. The number of carbonyl (C=O) groups excluding carboxylic acids is 1. The Labute approximate surface area is 209 Å². The molecule has 1 amide bonds. The third kappa shape index (κ3) is 4.64. The van der Waals surface area contributed by atoms with Gasteiger partial charge in [0.05, 0.1) is 35.5 Å². The number of nitrogens with zero attached hydrogens (tertiary/aromatic N) is 3. The largest absolute Gasteiger partial charge is 0.497 e. The van der Waals surface area contributed by atoms with Crippen molar-refractivity contribution in [2.24, 2.45) is 0 Å². The first kappa shape index (κ1) is 22.7. The van der Waals surface area contributed by atoms with Gasteiger partial charge in [0.25, 0.3) is 0 Å². The van der Waals surface area contributed by atoms with Gasteiger partial charge in [0.1, 0.15) is 16.8 Å². The molecule has 5 rings (SSSR count). The van der Waals surface area contributed by atoms with Crippen LogP contribution in [0, 0.1) is 11.3 Å². The molecule has 4 aromatic rings. The Bertz CT molecular complexity index is 1380. The summed E-state index contributed by atoms with van der Waals surface area (Å²) in [4.78, 5) is 20.2. The molecule has 6 heteroatoms. The summed E-state index contributed by atoms with van der Waals surface area (Å²) in [5.41, 5.74) is 6.26. The zero-order chi connectivity index (χ0) is 24.2. The van der Waals surface area contributed by atoms with E-state index < -0.39 is 0 Å². The fourth-order valence-electron chi connectivity index (χ4n) is 4.30. The fraction of sp³-hybridized carbons (Fsp3) is 0.138. The number of rotatable bonds is 5. The summed E-state index contributed by atoms with van der Waals surface area (Å²) in [5.74, 6) is 0.883. The Kier molecular flexibility index (Phi) is 6.51. The highest BCUT2D eigenvalue weighted by Gasteiger charge is 2.26. The lowest BCUT2D eigenvalue weighted by atomic mass is 10.0. The van der Waals surface area contributed by atoms with Crippen molar-refractivity contribution in [3.8, 4) is 23.1 Å². The molecule has 1 aliphatic heterocycles. The van der Waals surface area contributed by atoms with E-state index in [2.05, 4.69) is 18.2 Å². The third-order valence-electron chi connectivity index (χ3n) is 6.08. The van der Waals surface area contributed by atoms with Crippen molar-refractivity contribution in [3.63, 3.8) is 0 Å². The SMILES string of the molecule is COc1ccc(-c2ccc(C#N)c(SCC(=O)N3c4ccccc4CCc4ccccc43)n2)cc1. The highest BCUT2D eigenvalue weighted by atomic mass is 32.2. The zero-order valence-corrected chi connectivity index (χ0v) is 20.1. The number of pyridine rings is 1. The number of benzene rings is 3. The van der Waals surface area contributed by atoms with Crippen LogP contribution >= 0.6 is 11.8 Å². The number of aryl methyl sites for hydroxylation is 2. The molecular weight excluding hydrogens is 454 g/mol. The maximum Gasteiger partial charge on any atom is 0.241 e. The van der Waals surface area contributed by atoms with E-state index >= 15 is 0 Å². The van der Waals surface area contributed by atoms with Crippen molar-refractivity contribution < 1.29 is 9.53 Å². The van der Waals surface area contributed by atoms with Crippen LogP contribution in [0.25, 0.3) is 11.3 Å². The van der Waals surface area contributed by atoms with E-state index in [9.17, 15) is 10.1 Å². The molecular formula is C29H23N3O2S. The van der Waals surface area contributed by atoms with Gasteiger partial charge in [-0.25, -0.2) is 4.98 Å². The smallest absolute Gasteiger partial charge is 0.241 e. The van der Waals surface area contributed by atoms with Gasteiger partial charge < -0.3 is 4.74 Å². The molecule has 0 radical (unpaired) electrons. The average Bonchev–Trinajstić information content (AvgIpc) is 3.08. The van der Waals surface area contributed by atoms with E-state index in [1.54, 1.807) is 13.2 Å². The first-order valence-electron chi connectivity index (χ1n) is 11.3. The number of hydrogen-bond acceptors (Lipinski definition) is 5. The number of anilines is 2. The van der Waals surface area contributed by atoms with Gasteiger partial charge in [-0.1, -0.05) is 48.2 Å². The van der Waals surface area contributed by atoms with Gasteiger partial charge in [0.15, 0.2) is 0 Å². The lowest BCUT2D eigenvalue weighted by Gasteiger charge is -2.25. The third-order valence-corrected chi connectivity index (χ3v) is 7.05. The molecule has 5 nitrogen and oxygen atoms in total. The molecule has 3 aromatic carbocycles. The van der Waals surface area contributed by atoms with E-state index in [1.165, 1.54) is 11.8 Å². The Balaban J connectivity index is 1.44. The normalized spacial score (nSPS) is 12.2. The van der Waals surface area contributed by atoms with Gasteiger partial charge in [-0.15, -0.1) is 0 Å². The van der Waals surface area contributed by atoms with Crippen LogP contribution in [-0.4, -0.2) is 23.8 Å². The van der Waals surface area contributed by atoms with Crippen LogP contribution in [0.5, 0.6) is 5.75 Å². The maximum absolute atomic E-state index is 13.7. The van der Waals surface area contributed by atoms with Crippen LogP contribution in [0.3, 0.4) is 0 Å². The van der Waals surface area contributed by atoms with Crippen molar-refractivity contribution in [3.05, 3.63) is 102 Å². The Morgan fingerprint density at radius 1 is 0.943 bits per heavy atom. The van der Waals surface area contributed by atoms with Gasteiger partial charge in [-0.05, 0) is 72.5 Å². The molecule has 1 aliphatic rings. The average molecular weight is 478 g/mol. The van der Waals surface area contributed by atoms with Crippen molar-refractivity contribution >= 4 is 29.0 Å². The van der Waals surface area contributed by atoms with Crippen LogP contribution in [-0.2, 0) is 17.6 Å². The second-order valence-corrected chi connectivity index (χ2v) is 9.13. The van der Waals surface area contributed by atoms with Crippen LogP contribution in [0.4, 0.5) is 11.4 Å². The predicted octanol–water partition coefficient (Wildman–Crippen LogP) is 6.18. The second-order valence-electron chi connectivity index (χ2n) is 8.16. The molecule has 0 fully saturated rings. The zero-order valence-electron chi connectivity index (χ0n) is 19.3. The van der Waals surface area contributed by atoms with Gasteiger partial charge >= 0.3 is 0 Å². The minimum atomic E-state index is -0.0441. The maximum atomic E-state index is 13.7. The highest BCUT2D eigenvalue weighted by Crippen LogP contribution is 2.37. The molecule has 0 atom stereocenters. The van der Waals surface area contributed by atoms with Gasteiger partial charge in [0, 0.05) is 5.56 Å². The molecule has 0 unspecified atom stereocenters. The Morgan fingerprint density at radius 3 is 2.17 bits per heavy atom. The number of hydrogen-bond donors (Lipinski definition) is 0. The van der Waals surface area contributed by atoms with Gasteiger partial charge in [-0.3, -0.25) is 9.69 Å². The van der Waals surface area contributed by atoms with Gasteiger partial charge in [-0.2, -0.15) is 5.26 Å². The van der Waals surface area contributed by atoms with Crippen LogP contribution in [0.15, 0.2) is 90.0 Å². The number of fused-ring (bicyclic) bond motifs is 2. The fourth-order valence-corrected chi connectivity index (χ4v) is 5.12. The second kappa shape index (κ2) is 10.0. The summed E-state index contributed by atoms with van der Waals surface area (Å²) >= 11 is 1.30. The van der Waals surface area contributed by atoms with Crippen molar-refractivity contribution in [1.29, 1.82) is 5.26 Å². The standard InChI is InChI=1S/C29H23N3O2S/c1-34-24-15-12-20(13-16-24)25-17-14-23(18-30)29(31-25)35-19-28(33)32-26-8-4-2-6-21(26)10-11-22-7-3-5-9-27(22)32/h2-9,12-17H,10-11,19H2,1H3. The summed E-state index contributed by atoms with van der Waals surface area (Å²) in [6, 6.07) is 29.5. The van der Waals surface area contributed by atoms with E-state index in [4.69, 9.17) is 9.72 Å². The molecule has 172 valence electrons. The number of ether oxygens (including phenoxy) is 1. The number of aromatic nitrogens is 1. The van der Waals surface area contributed by atoms with Gasteiger partial charge in [0.2, 0.25) is 5.91 Å². The molecule has 2 heterocycles. The lowest BCUT2D eigenvalue weighted by molar-refractivity contribution is -0.115. The minimum Gasteiger partial charge on any atom is -0.497 e. The van der Waals surface area contributed by atoms with Crippen molar-refractivity contribution in [2.45, 2.75) is 17.9 Å².